The molecule has 0 aliphatic heterocycles. The molecule has 0 aliphatic rings. The molecule has 20 heavy (non-hydrogen) atoms. The zero-order chi connectivity index (χ0) is 14.7. The summed E-state index contributed by atoms with van der Waals surface area (Å²) in [4.78, 5) is 11.1. The van der Waals surface area contributed by atoms with E-state index < -0.39 is 5.91 Å². The Balaban J connectivity index is 2.10. The van der Waals surface area contributed by atoms with E-state index in [0.29, 0.717) is 22.2 Å². The van der Waals surface area contributed by atoms with Gasteiger partial charge in [0.15, 0.2) is 0 Å². The predicted molar refractivity (Wildman–Crippen MR) is 83.5 cm³/mol. The first kappa shape index (κ1) is 14.7. The van der Waals surface area contributed by atoms with Gasteiger partial charge in [-0.05, 0) is 48.4 Å². The fraction of sp³-hybridized carbons (Fsp3) is 0.133. The maximum absolute atomic E-state index is 11.1. The standard InChI is InChI=1S/C15H14Cl2N2O/c1-9-6-11(15(18)20)3-5-14(9)19-8-10-2-4-12(16)13(17)7-10/h2-7,19H,8H2,1H3,(H2,18,20). The number of carbonyl (C=O) groups excluding carboxylic acids is 1. The van der Waals surface area contributed by atoms with E-state index in [9.17, 15) is 4.79 Å². The molecule has 0 fully saturated rings. The summed E-state index contributed by atoms with van der Waals surface area (Å²) in [7, 11) is 0. The van der Waals surface area contributed by atoms with Gasteiger partial charge in [-0.2, -0.15) is 0 Å². The van der Waals surface area contributed by atoms with Crippen molar-refractivity contribution < 1.29 is 4.79 Å². The molecule has 0 heterocycles. The van der Waals surface area contributed by atoms with E-state index in [1.807, 2.05) is 25.1 Å². The van der Waals surface area contributed by atoms with Crippen molar-refractivity contribution in [1.82, 2.24) is 0 Å². The third-order valence-corrected chi connectivity index (χ3v) is 3.72. The van der Waals surface area contributed by atoms with Gasteiger partial charge in [0.1, 0.15) is 0 Å². The molecule has 0 spiro atoms. The van der Waals surface area contributed by atoms with Crippen LogP contribution in [0.4, 0.5) is 5.69 Å². The minimum atomic E-state index is -0.427. The van der Waals surface area contributed by atoms with Crippen LogP contribution in [0.1, 0.15) is 21.5 Å². The van der Waals surface area contributed by atoms with Crippen molar-refractivity contribution in [1.29, 1.82) is 0 Å². The van der Waals surface area contributed by atoms with Gasteiger partial charge < -0.3 is 11.1 Å². The van der Waals surface area contributed by atoms with Crippen molar-refractivity contribution in [2.75, 3.05) is 5.32 Å². The Bertz CT molecular complexity index is 656. The Morgan fingerprint density at radius 2 is 1.90 bits per heavy atom. The van der Waals surface area contributed by atoms with Crippen molar-refractivity contribution in [2.24, 2.45) is 5.73 Å². The number of anilines is 1. The van der Waals surface area contributed by atoms with Crippen molar-refractivity contribution in [3.8, 4) is 0 Å². The molecule has 2 rings (SSSR count). The molecular formula is C15H14Cl2N2O. The lowest BCUT2D eigenvalue weighted by molar-refractivity contribution is 0.1000. The zero-order valence-electron chi connectivity index (χ0n) is 10.9. The molecule has 2 aromatic carbocycles. The number of hydrogen-bond donors (Lipinski definition) is 2. The highest BCUT2D eigenvalue weighted by Gasteiger charge is 2.05. The number of benzene rings is 2. The fourth-order valence-electron chi connectivity index (χ4n) is 1.86. The largest absolute Gasteiger partial charge is 0.381 e. The van der Waals surface area contributed by atoms with E-state index in [1.54, 1.807) is 18.2 Å². The minimum absolute atomic E-state index is 0.427. The topological polar surface area (TPSA) is 55.1 Å². The van der Waals surface area contributed by atoms with Crippen LogP contribution in [0.15, 0.2) is 36.4 Å². The summed E-state index contributed by atoms with van der Waals surface area (Å²) >= 11 is 11.8. The van der Waals surface area contributed by atoms with Crippen LogP contribution in [0.25, 0.3) is 0 Å². The molecule has 0 atom stereocenters. The molecular weight excluding hydrogens is 295 g/mol. The lowest BCUT2D eigenvalue weighted by Gasteiger charge is -2.11. The quantitative estimate of drug-likeness (QED) is 0.896. The van der Waals surface area contributed by atoms with E-state index in [0.717, 1.165) is 16.8 Å². The number of halogens is 2. The summed E-state index contributed by atoms with van der Waals surface area (Å²) in [6.07, 6.45) is 0. The van der Waals surface area contributed by atoms with Crippen LogP contribution in [0.2, 0.25) is 10.0 Å². The summed E-state index contributed by atoms with van der Waals surface area (Å²) < 4.78 is 0. The van der Waals surface area contributed by atoms with Crippen molar-refractivity contribution in [2.45, 2.75) is 13.5 Å². The SMILES string of the molecule is Cc1cc(C(N)=O)ccc1NCc1ccc(Cl)c(Cl)c1. The minimum Gasteiger partial charge on any atom is -0.381 e. The van der Waals surface area contributed by atoms with E-state index in [2.05, 4.69) is 5.32 Å². The number of primary amides is 1. The molecule has 104 valence electrons. The number of aryl methyl sites for hydroxylation is 1. The molecule has 0 aromatic heterocycles. The van der Waals surface area contributed by atoms with Crippen LogP contribution in [0.3, 0.4) is 0 Å². The van der Waals surface area contributed by atoms with Crippen molar-refractivity contribution >= 4 is 34.8 Å². The second-order valence-electron chi connectivity index (χ2n) is 4.50. The normalized spacial score (nSPS) is 10.3. The first-order valence-electron chi connectivity index (χ1n) is 6.05. The van der Waals surface area contributed by atoms with Gasteiger partial charge in [0, 0.05) is 17.8 Å². The van der Waals surface area contributed by atoms with E-state index >= 15 is 0 Å². The van der Waals surface area contributed by atoms with Gasteiger partial charge in [-0.15, -0.1) is 0 Å². The predicted octanol–water partition coefficient (Wildman–Crippen LogP) is 4.01. The van der Waals surface area contributed by atoms with Gasteiger partial charge in [-0.25, -0.2) is 0 Å². The molecule has 0 saturated carbocycles. The van der Waals surface area contributed by atoms with Crippen LogP contribution in [-0.4, -0.2) is 5.91 Å². The monoisotopic (exact) mass is 308 g/mol. The number of amides is 1. The molecule has 1 amide bonds. The lowest BCUT2D eigenvalue weighted by atomic mass is 10.1. The first-order valence-corrected chi connectivity index (χ1v) is 6.81. The smallest absolute Gasteiger partial charge is 0.248 e. The van der Waals surface area contributed by atoms with Crippen LogP contribution >= 0.6 is 23.2 Å². The number of carbonyl (C=O) groups is 1. The Morgan fingerprint density at radius 1 is 1.15 bits per heavy atom. The lowest BCUT2D eigenvalue weighted by Crippen LogP contribution is -2.11. The van der Waals surface area contributed by atoms with E-state index in [4.69, 9.17) is 28.9 Å². The molecule has 3 nitrogen and oxygen atoms in total. The summed E-state index contributed by atoms with van der Waals surface area (Å²) in [6, 6.07) is 10.8. The molecule has 0 saturated heterocycles. The number of nitrogens with one attached hydrogen (secondary N) is 1. The van der Waals surface area contributed by atoms with Gasteiger partial charge in [-0.3, -0.25) is 4.79 Å². The molecule has 0 aliphatic carbocycles. The zero-order valence-corrected chi connectivity index (χ0v) is 12.4. The Hall–Kier alpha value is -1.71. The summed E-state index contributed by atoms with van der Waals surface area (Å²) in [6.45, 7) is 2.54. The number of rotatable bonds is 4. The van der Waals surface area contributed by atoms with E-state index in [-0.39, 0.29) is 0 Å². The van der Waals surface area contributed by atoms with Gasteiger partial charge in [-0.1, -0.05) is 29.3 Å². The fourth-order valence-corrected chi connectivity index (χ4v) is 2.18. The third-order valence-electron chi connectivity index (χ3n) is 2.98. The van der Waals surface area contributed by atoms with Gasteiger partial charge >= 0.3 is 0 Å². The summed E-state index contributed by atoms with van der Waals surface area (Å²) in [5.41, 5.74) is 8.68. The highest BCUT2D eigenvalue weighted by molar-refractivity contribution is 6.42. The Morgan fingerprint density at radius 3 is 2.50 bits per heavy atom. The molecule has 2 aromatic rings. The van der Waals surface area contributed by atoms with Crippen molar-refractivity contribution in [3.05, 3.63) is 63.1 Å². The van der Waals surface area contributed by atoms with Gasteiger partial charge in [0.2, 0.25) is 5.91 Å². The van der Waals surface area contributed by atoms with Gasteiger partial charge in [0.25, 0.3) is 0 Å². The number of nitrogens with two attached hydrogens (primary N) is 1. The molecule has 0 unspecified atom stereocenters. The summed E-state index contributed by atoms with van der Waals surface area (Å²) in [5.74, 6) is -0.427. The average molecular weight is 309 g/mol. The van der Waals surface area contributed by atoms with Crippen LogP contribution < -0.4 is 11.1 Å². The van der Waals surface area contributed by atoms with Crippen LogP contribution in [0, 0.1) is 6.92 Å². The highest BCUT2D eigenvalue weighted by atomic mass is 35.5. The second-order valence-corrected chi connectivity index (χ2v) is 5.31. The van der Waals surface area contributed by atoms with Crippen LogP contribution in [-0.2, 0) is 6.54 Å². The Kier molecular flexibility index (Phi) is 4.53. The maximum Gasteiger partial charge on any atom is 0.248 e. The average Bonchev–Trinajstić information content (AvgIpc) is 2.41. The first-order chi connectivity index (χ1) is 9.47. The second kappa shape index (κ2) is 6.16. The molecule has 0 radical (unpaired) electrons. The molecule has 0 bridgehead atoms. The summed E-state index contributed by atoms with van der Waals surface area (Å²) in [5, 5.41) is 4.36. The highest BCUT2D eigenvalue weighted by Crippen LogP contribution is 2.23. The molecule has 3 N–H and O–H groups in total. The maximum atomic E-state index is 11.1. The van der Waals surface area contributed by atoms with E-state index in [1.165, 1.54) is 0 Å². The molecule has 5 heteroatoms. The van der Waals surface area contributed by atoms with Gasteiger partial charge in [0.05, 0.1) is 10.0 Å². The van der Waals surface area contributed by atoms with Crippen molar-refractivity contribution in [3.63, 3.8) is 0 Å². The Labute approximate surface area is 127 Å². The van der Waals surface area contributed by atoms with Crippen LogP contribution in [0.5, 0.6) is 0 Å². The number of hydrogen-bond acceptors (Lipinski definition) is 2. The third kappa shape index (κ3) is 3.44.